The number of aromatic nitrogens is 2. The van der Waals surface area contributed by atoms with Crippen LogP contribution in [0.1, 0.15) is 4.88 Å². The van der Waals surface area contributed by atoms with E-state index in [1.807, 2.05) is 24.3 Å². The van der Waals surface area contributed by atoms with Crippen molar-refractivity contribution in [2.75, 3.05) is 0 Å². The first kappa shape index (κ1) is 18.0. The van der Waals surface area contributed by atoms with Crippen LogP contribution < -0.4 is 0 Å². The lowest BCUT2D eigenvalue weighted by Gasteiger charge is -2.01. The van der Waals surface area contributed by atoms with Crippen molar-refractivity contribution in [3.05, 3.63) is 95.2 Å². The van der Waals surface area contributed by atoms with E-state index in [4.69, 9.17) is 9.97 Å². The zero-order valence-corrected chi connectivity index (χ0v) is 17.5. The lowest BCUT2D eigenvalue weighted by atomic mass is 10.1. The summed E-state index contributed by atoms with van der Waals surface area (Å²) >= 11 is 3.42. The van der Waals surface area contributed by atoms with Gasteiger partial charge in [0, 0.05) is 32.5 Å². The average Bonchev–Trinajstić information content (AvgIpc) is 3.42. The molecule has 0 atom stereocenters. The summed E-state index contributed by atoms with van der Waals surface area (Å²) < 4.78 is 0. The maximum absolute atomic E-state index is 4.94. The van der Waals surface area contributed by atoms with Crippen LogP contribution in [0.3, 0.4) is 0 Å². The summed E-state index contributed by atoms with van der Waals surface area (Å²) in [6.07, 6.45) is 0. The van der Waals surface area contributed by atoms with Crippen LogP contribution in [0.5, 0.6) is 0 Å². The van der Waals surface area contributed by atoms with Gasteiger partial charge in [0.2, 0.25) is 0 Å². The van der Waals surface area contributed by atoms with E-state index in [0.29, 0.717) is 0 Å². The van der Waals surface area contributed by atoms with E-state index >= 15 is 0 Å². The third-order valence-corrected chi connectivity index (χ3v) is 6.69. The summed E-state index contributed by atoms with van der Waals surface area (Å²) in [5.74, 6) is 0. The second-order valence-corrected chi connectivity index (χ2v) is 8.84. The van der Waals surface area contributed by atoms with Crippen molar-refractivity contribution in [2.24, 2.45) is 0 Å². The van der Waals surface area contributed by atoms with E-state index in [9.17, 15) is 0 Å². The van der Waals surface area contributed by atoms with Crippen molar-refractivity contribution in [3.63, 3.8) is 0 Å². The molecule has 0 spiro atoms. The summed E-state index contributed by atoms with van der Waals surface area (Å²) in [4.78, 5) is 11.0. The van der Waals surface area contributed by atoms with Crippen LogP contribution in [0, 0.1) is 6.92 Å². The predicted molar refractivity (Wildman–Crippen MR) is 124 cm³/mol. The third-order valence-electron chi connectivity index (χ3n) is 4.77. The Morgan fingerprint density at radius 1 is 0.621 bits per heavy atom. The minimum atomic E-state index is 1.01. The first-order chi connectivity index (χ1) is 14.3. The second-order valence-electron chi connectivity index (χ2n) is 6.77. The fourth-order valence-corrected chi connectivity index (χ4v) is 5.08. The molecular formula is C25H18N2S2. The summed E-state index contributed by atoms with van der Waals surface area (Å²) in [6, 6.07) is 29.2. The normalized spacial score (nSPS) is 10.9. The monoisotopic (exact) mass is 410 g/mol. The van der Waals surface area contributed by atoms with Crippen molar-refractivity contribution < 1.29 is 0 Å². The van der Waals surface area contributed by atoms with Gasteiger partial charge >= 0.3 is 0 Å². The van der Waals surface area contributed by atoms with Crippen LogP contribution in [-0.2, 0) is 0 Å². The molecular weight excluding hydrogens is 392 g/mol. The molecule has 0 saturated heterocycles. The molecule has 0 bridgehead atoms. The summed E-state index contributed by atoms with van der Waals surface area (Å²) in [6.45, 7) is 2.14. The molecule has 0 aliphatic carbocycles. The minimum absolute atomic E-state index is 1.01. The molecule has 140 valence electrons. The van der Waals surface area contributed by atoms with Crippen molar-refractivity contribution >= 4 is 22.7 Å². The molecule has 0 fully saturated rings. The zero-order chi connectivity index (χ0) is 19.6. The molecule has 5 aromatic rings. The highest BCUT2D eigenvalue weighted by Crippen LogP contribution is 2.35. The molecule has 0 saturated carbocycles. The molecule has 0 radical (unpaired) electrons. The van der Waals surface area contributed by atoms with Crippen molar-refractivity contribution in [1.29, 1.82) is 0 Å². The van der Waals surface area contributed by atoms with Gasteiger partial charge in [0.25, 0.3) is 0 Å². The lowest BCUT2D eigenvalue weighted by molar-refractivity contribution is 1.37. The highest BCUT2D eigenvalue weighted by molar-refractivity contribution is 7.15. The van der Waals surface area contributed by atoms with Crippen LogP contribution in [-0.4, -0.2) is 9.97 Å². The molecule has 0 aliphatic rings. The largest absolute Gasteiger partial charge is 0.236 e. The Morgan fingerprint density at radius 3 is 2.03 bits per heavy atom. The molecule has 2 nitrogen and oxygen atoms in total. The van der Waals surface area contributed by atoms with Crippen LogP contribution in [0.25, 0.3) is 43.7 Å². The Bertz CT molecular complexity index is 1250. The van der Waals surface area contributed by atoms with Gasteiger partial charge in [0.05, 0.1) is 11.4 Å². The highest BCUT2D eigenvalue weighted by atomic mass is 32.1. The van der Waals surface area contributed by atoms with E-state index in [1.165, 1.54) is 4.88 Å². The summed E-state index contributed by atoms with van der Waals surface area (Å²) in [7, 11) is 0. The van der Waals surface area contributed by atoms with Crippen molar-refractivity contribution in [1.82, 2.24) is 9.97 Å². The number of hydrogen-bond donors (Lipinski definition) is 0. The van der Waals surface area contributed by atoms with Crippen LogP contribution in [0.4, 0.5) is 0 Å². The Kier molecular flexibility index (Phi) is 4.80. The zero-order valence-electron chi connectivity index (χ0n) is 15.9. The van der Waals surface area contributed by atoms with Gasteiger partial charge in [-0.15, -0.1) is 22.7 Å². The molecule has 0 aliphatic heterocycles. The van der Waals surface area contributed by atoms with Crippen LogP contribution >= 0.6 is 22.7 Å². The average molecular weight is 411 g/mol. The van der Waals surface area contributed by atoms with E-state index in [1.54, 1.807) is 22.7 Å². The number of aryl methyl sites for hydroxylation is 1. The maximum atomic E-state index is 4.94. The quantitative estimate of drug-likeness (QED) is 0.305. The molecule has 0 N–H and O–H groups in total. The first-order valence-electron chi connectivity index (χ1n) is 9.42. The standard InChI is InChI=1S/C25H18N2S2/c1-17-23(18-9-4-2-5-10-18)27-25(29-17)21-14-8-13-20(15-21)22-16-28-24(26-22)19-11-6-3-7-12-19/h2-16H,1H3. The van der Waals surface area contributed by atoms with E-state index in [2.05, 4.69) is 73.0 Å². The predicted octanol–water partition coefficient (Wildman–Crippen LogP) is 7.58. The molecule has 5 rings (SSSR count). The van der Waals surface area contributed by atoms with Gasteiger partial charge in [0.1, 0.15) is 10.0 Å². The second kappa shape index (κ2) is 7.74. The van der Waals surface area contributed by atoms with E-state index < -0.39 is 0 Å². The molecule has 2 aromatic heterocycles. The number of rotatable bonds is 4. The van der Waals surface area contributed by atoms with Gasteiger partial charge in [-0.25, -0.2) is 9.97 Å². The molecule has 29 heavy (non-hydrogen) atoms. The minimum Gasteiger partial charge on any atom is -0.236 e. The fourth-order valence-electron chi connectivity index (χ4n) is 3.31. The van der Waals surface area contributed by atoms with Gasteiger partial charge in [-0.05, 0) is 13.0 Å². The number of nitrogens with zero attached hydrogens (tertiary/aromatic N) is 2. The van der Waals surface area contributed by atoms with E-state index in [-0.39, 0.29) is 0 Å². The molecule has 0 unspecified atom stereocenters. The van der Waals surface area contributed by atoms with Gasteiger partial charge in [0.15, 0.2) is 0 Å². The highest BCUT2D eigenvalue weighted by Gasteiger charge is 2.13. The maximum Gasteiger partial charge on any atom is 0.124 e. The molecule has 4 heteroatoms. The smallest absolute Gasteiger partial charge is 0.124 e. The number of hydrogen-bond acceptors (Lipinski definition) is 4. The first-order valence-corrected chi connectivity index (χ1v) is 11.1. The Balaban J connectivity index is 1.49. The lowest BCUT2D eigenvalue weighted by Crippen LogP contribution is -1.83. The molecule has 0 amide bonds. The van der Waals surface area contributed by atoms with E-state index in [0.717, 1.165) is 43.7 Å². The molecule has 2 heterocycles. The summed E-state index contributed by atoms with van der Waals surface area (Å²) in [5, 5.41) is 4.22. The van der Waals surface area contributed by atoms with Gasteiger partial charge in [-0.2, -0.15) is 0 Å². The Labute approximate surface area is 178 Å². The Hall–Kier alpha value is -3.08. The third kappa shape index (κ3) is 3.65. The number of thiazole rings is 2. The van der Waals surface area contributed by atoms with Crippen molar-refractivity contribution in [2.45, 2.75) is 6.92 Å². The Morgan fingerprint density at radius 2 is 1.28 bits per heavy atom. The summed E-state index contributed by atoms with van der Waals surface area (Å²) in [5.41, 5.74) is 6.64. The van der Waals surface area contributed by atoms with Crippen LogP contribution in [0.15, 0.2) is 90.3 Å². The van der Waals surface area contributed by atoms with Gasteiger partial charge < -0.3 is 0 Å². The van der Waals surface area contributed by atoms with Gasteiger partial charge in [-0.1, -0.05) is 78.9 Å². The fraction of sp³-hybridized carbons (Fsp3) is 0.0400. The number of benzene rings is 3. The van der Waals surface area contributed by atoms with Crippen LogP contribution in [0.2, 0.25) is 0 Å². The van der Waals surface area contributed by atoms with Crippen molar-refractivity contribution in [3.8, 4) is 43.7 Å². The SMILES string of the molecule is Cc1sc(-c2cccc(-c3csc(-c4ccccc4)n3)c2)nc1-c1ccccc1. The van der Waals surface area contributed by atoms with Gasteiger partial charge in [-0.3, -0.25) is 0 Å². The molecule has 3 aromatic carbocycles. The topological polar surface area (TPSA) is 25.8 Å².